The number of rotatable bonds is 7. The van der Waals surface area contributed by atoms with Crippen molar-refractivity contribution in [1.82, 2.24) is 5.32 Å². The maximum Gasteiger partial charge on any atom is 0.242 e. The van der Waals surface area contributed by atoms with Gasteiger partial charge in [0.1, 0.15) is 6.04 Å². The van der Waals surface area contributed by atoms with Gasteiger partial charge in [0.25, 0.3) is 0 Å². The smallest absolute Gasteiger partial charge is 0.242 e. The van der Waals surface area contributed by atoms with E-state index in [0.29, 0.717) is 18.2 Å². The number of carbonyl (C=O) groups excluding carboxylic acids is 1. The lowest BCUT2D eigenvalue weighted by molar-refractivity contribution is -0.121. The van der Waals surface area contributed by atoms with E-state index in [4.69, 9.17) is 16.3 Å². The molecule has 1 amide bonds. The van der Waals surface area contributed by atoms with E-state index >= 15 is 0 Å². The molecule has 1 aromatic carbocycles. The predicted octanol–water partition coefficient (Wildman–Crippen LogP) is 2.60. The van der Waals surface area contributed by atoms with Gasteiger partial charge in [-0.3, -0.25) is 4.79 Å². The number of ether oxygens (including phenoxy) is 1. The zero-order valence-corrected chi connectivity index (χ0v) is 12.4. The predicted molar refractivity (Wildman–Crippen MR) is 78.8 cm³/mol. The van der Waals surface area contributed by atoms with Crippen LogP contribution in [0, 0.1) is 6.92 Å². The van der Waals surface area contributed by atoms with Crippen molar-refractivity contribution in [2.75, 3.05) is 25.6 Å². The Morgan fingerprint density at radius 1 is 1.47 bits per heavy atom. The molecule has 1 atom stereocenters. The van der Waals surface area contributed by atoms with Crippen LogP contribution in [0.15, 0.2) is 18.2 Å². The van der Waals surface area contributed by atoms with Gasteiger partial charge >= 0.3 is 0 Å². The largest absolute Gasteiger partial charge is 0.385 e. The Kier molecular flexibility index (Phi) is 6.67. The van der Waals surface area contributed by atoms with Crippen molar-refractivity contribution in [3.63, 3.8) is 0 Å². The first kappa shape index (κ1) is 15.8. The van der Waals surface area contributed by atoms with Crippen molar-refractivity contribution in [3.05, 3.63) is 28.8 Å². The Labute approximate surface area is 119 Å². The highest BCUT2D eigenvalue weighted by molar-refractivity contribution is 6.33. The van der Waals surface area contributed by atoms with Crippen molar-refractivity contribution < 1.29 is 9.53 Å². The number of carbonyl (C=O) groups is 1. The number of para-hydroxylation sites is 1. The molecule has 0 saturated carbocycles. The van der Waals surface area contributed by atoms with Crippen LogP contribution in [0.4, 0.5) is 5.69 Å². The average molecular weight is 285 g/mol. The first-order chi connectivity index (χ1) is 9.06. The molecule has 4 nitrogen and oxygen atoms in total. The van der Waals surface area contributed by atoms with E-state index in [9.17, 15) is 4.79 Å². The molecule has 0 aliphatic heterocycles. The lowest BCUT2D eigenvalue weighted by atomic mass is 10.2. The Morgan fingerprint density at radius 2 is 2.21 bits per heavy atom. The summed E-state index contributed by atoms with van der Waals surface area (Å²) in [5.74, 6) is -0.0459. The van der Waals surface area contributed by atoms with Gasteiger partial charge in [0.2, 0.25) is 5.91 Å². The quantitative estimate of drug-likeness (QED) is 0.757. The van der Waals surface area contributed by atoms with E-state index in [1.165, 1.54) is 0 Å². The van der Waals surface area contributed by atoms with Gasteiger partial charge in [-0.25, -0.2) is 0 Å². The summed E-state index contributed by atoms with van der Waals surface area (Å²) in [5.41, 5.74) is 1.83. The van der Waals surface area contributed by atoms with E-state index in [2.05, 4.69) is 10.6 Å². The van der Waals surface area contributed by atoms with E-state index < -0.39 is 0 Å². The fraction of sp³-hybridized carbons (Fsp3) is 0.500. The van der Waals surface area contributed by atoms with Crippen LogP contribution in [0.25, 0.3) is 0 Å². The minimum atomic E-state index is -0.332. The first-order valence-corrected chi connectivity index (χ1v) is 6.72. The minimum absolute atomic E-state index is 0.0459. The standard InChI is InChI=1S/C14H21ClN2O2/c1-10-6-4-7-12(15)13(10)17-11(2)14(18)16-8-5-9-19-3/h4,6-7,11,17H,5,8-9H2,1-3H3,(H,16,18). The number of benzene rings is 1. The number of amides is 1. The molecule has 0 aliphatic carbocycles. The normalized spacial score (nSPS) is 12.0. The highest BCUT2D eigenvalue weighted by Gasteiger charge is 2.14. The number of halogens is 1. The molecule has 1 unspecified atom stereocenters. The summed E-state index contributed by atoms with van der Waals surface area (Å²) < 4.78 is 4.93. The molecule has 0 fully saturated rings. The highest BCUT2D eigenvalue weighted by atomic mass is 35.5. The third kappa shape index (κ3) is 5.09. The summed E-state index contributed by atoms with van der Waals surface area (Å²) in [6.07, 6.45) is 0.806. The molecule has 5 heteroatoms. The maximum atomic E-state index is 11.9. The monoisotopic (exact) mass is 284 g/mol. The molecule has 0 heterocycles. The highest BCUT2D eigenvalue weighted by Crippen LogP contribution is 2.25. The third-order valence-corrected chi connectivity index (χ3v) is 3.12. The van der Waals surface area contributed by atoms with Crippen molar-refractivity contribution in [2.45, 2.75) is 26.3 Å². The maximum absolute atomic E-state index is 11.9. The number of hydrogen-bond acceptors (Lipinski definition) is 3. The summed E-state index contributed by atoms with van der Waals surface area (Å²) in [6.45, 7) is 5.03. The minimum Gasteiger partial charge on any atom is -0.385 e. The number of anilines is 1. The second kappa shape index (κ2) is 8.02. The molecule has 0 aliphatic rings. The zero-order valence-electron chi connectivity index (χ0n) is 11.6. The van der Waals surface area contributed by atoms with E-state index in [-0.39, 0.29) is 11.9 Å². The van der Waals surface area contributed by atoms with Gasteiger partial charge < -0.3 is 15.4 Å². The Balaban J connectivity index is 2.50. The molecule has 0 bridgehead atoms. The van der Waals surface area contributed by atoms with Gasteiger partial charge in [0, 0.05) is 20.3 Å². The molecular weight excluding hydrogens is 264 g/mol. The molecule has 0 radical (unpaired) electrons. The molecular formula is C14H21ClN2O2. The number of nitrogens with one attached hydrogen (secondary N) is 2. The topological polar surface area (TPSA) is 50.4 Å². The molecule has 1 aromatic rings. The fourth-order valence-corrected chi connectivity index (χ4v) is 1.95. The molecule has 0 aromatic heterocycles. The van der Waals surface area contributed by atoms with Crippen LogP contribution in [0.1, 0.15) is 18.9 Å². The van der Waals surface area contributed by atoms with Crippen molar-refractivity contribution in [3.8, 4) is 0 Å². The lowest BCUT2D eigenvalue weighted by Gasteiger charge is -2.17. The molecule has 2 N–H and O–H groups in total. The average Bonchev–Trinajstić information content (AvgIpc) is 2.38. The fourth-order valence-electron chi connectivity index (χ4n) is 1.68. The van der Waals surface area contributed by atoms with Crippen LogP contribution in [-0.2, 0) is 9.53 Å². The molecule has 0 spiro atoms. The summed E-state index contributed by atoms with van der Waals surface area (Å²) in [5, 5.41) is 6.62. The molecule has 106 valence electrons. The van der Waals surface area contributed by atoms with Gasteiger partial charge in [-0.2, -0.15) is 0 Å². The van der Waals surface area contributed by atoms with E-state index in [1.54, 1.807) is 13.2 Å². The molecule has 1 rings (SSSR count). The Hall–Kier alpha value is -1.26. The lowest BCUT2D eigenvalue weighted by Crippen LogP contribution is -2.38. The third-order valence-electron chi connectivity index (χ3n) is 2.80. The van der Waals surface area contributed by atoms with Crippen LogP contribution < -0.4 is 10.6 Å². The van der Waals surface area contributed by atoms with Crippen molar-refractivity contribution in [2.24, 2.45) is 0 Å². The van der Waals surface area contributed by atoms with Gasteiger partial charge in [-0.15, -0.1) is 0 Å². The summed E-state index contributed by atoms with van der Waals surface area (Å²) >= 11 is 6.11. The van der Waals surface area contributed by atoms with Gasteiger partial charge in [0.05, 0.1) is 10.7 Å². The Morgan fingerprint density at radius 3 is 2.84 bits per heavy atom. The van der Waals surface area contributed by atoms with Crippen LogP contribution in [0.2, 0.25) is 5.02 Å². The first-order valence-electron chi connectivity index (χ1n) is 6.34. The number of aryl methyl sites for hydroxylation is 1. The summed E-state index contributed by atoms with van der Waals surface area (Å²) in [7, 11) is 1.65. The summed E-state index contributed by atoms with van der Waals surface area (Å²) in [4.78, 5) is 11.9. The molecule has 19 heavy (non-hydrogen) atoms. The van der Waals surface area contributed by atoms with Gasteiger partial charge in [0.15, 0.2) is 0 Å². The van der Waals surface area contributed by atoms with E-state index in [1.807, 2.05) is 26.0 Å². The van der Waals surface area contributed by atoms with E-state index in [0.717, 1.165) is 17.7 Å². The van der Waals surface area contributed by atoms with Crippen LogP contribution in [-0.4, -0.2) is 32.2 Å². The van der Waals surface area contributed by atoms with Crippen LogP contribution >= 0.6 is 11.6 Å². The second-order valence-corrected chi connectivity index (χ2v) is 4.84. The van der Waals surface area contributed by atoms with Gasteiger partial charge in [-0.05, 0) is 31.9 Å². The number of hydrogen-bond donors (Lipinski definition) is 2. The van der Waals surface area contributed by atoms with Crippen LogP contribution in [0.3, 0.4) is 0 Å². The summed E-state index contributed by atoms with van der Waals surface area (Å²) in [6, 6.07) is 5.32. The number of methoxy groups -OCH3 is 1. The molecule has 0 saturated heterocycles. The van der Waals surface area contributed by atoms with Crippen molar-refractivity contribution in [1.29, 1.82) is 0 Å². The zero-order chi connectivity index (χ0) is 14.3. The van der Waals surface area contributed by atoms with Crippen molar-refractivity contribution >= 4 is 23.2 Å². The second-order valence-electron chi connectivity index (χ2n) is 4.44. The SMILES string of the molecule is COCCCNC(=O)C(C)Nc1c(C)cccc1Cl. The van der Waals surface area contributed by atoms with Gasteiger partial charge in [-0.1, -0.05) is 23.7 Å². The Bertz CT molecular complexity index is 404. The van der Waals surface area contributed by atoms with Crippen LogP contribution in [0.5, 0.6) is 0 Å².